The van der Waals surface area contributed by atoms with Gasteiger partial charge in [-0.2, -0.15) is 5.10 Å². The van der Waals surface area contributed by atoms with Gasteiger partial charge in [0.1, 0.15) is 5.75 Å². The zero-order valence-electron chi connectivity index (χ0n) is 25.1. The molecule has 5 rings (SSSR count). The van der Waals surface area contributed by atoms with Crippen LogP contribution in [0.1, 0.15) is 30.5 Å². The lowest BCUT2D eigenvalue weighted by Gasteiger charge is -2.21. The average Bonchev–Trinajstić information content (AvgIpc) is 3.67. The number of thiazole rings is 1. The average molecular weight is 621 g/mol. The van der Waals surface area contributed by atoms with Gasteiger partial charge in [0.25, 0.3) is 5.91 Å². The number of nitrogens with zero attached hydrogens (tertiary/aromatic N) is 3. The van der Waals surface area contributed by atoms with Crippen LogP contribution in [-0.4, -0.2) is 69.7 Å². The van der Waals surface area contributed by atoms with Crippen LogP contribution in [0.5, 0.6) is 34.5 Å². The summed E-state index contributed by atoms with van der Waals surface area (Å²) in [4.78, 5) is 29.9. The van der Waals surface area contributed by atoms with Crippen LogP contribution in [-0.2, 0) is 9.59 Å². The zero-order valence-corrected chi connectivity index (χ0v) is 25.9. The first-order valence-corrected chi connectivity index (χ1v) is 14.3. The summed E-state index contributed by atoms with van der Waals surface area (Å²) < 4.78 is 34.0. The van der Waals surface area contributed by atoms with E-state index in [4.69, 9.17) is 28.4 Å². The fraction of sp³-hybridized carbons (Fsp3) is 0.290. The summed E-state index contributed by atoms with van der Waals surface area (Å²) in [6.45, 7) is 1.17. The molecule has 2 heterocycles. The quantitative estimate of drug-likeness (QED) is 0.245. The first kappa shape index (κ1) is 30.4. The van der Waals surface area contributed by atoms with Gasteiger partial charge in [0.2, 0.25) is 11.7 Å². The van der Waals surface area contributed by atoms with Gasteiger partial charge < -0.3 is 28.4 Å². The van der Waals surface area contributed by atoms with Crippen molar-refractivity contribution in [2.24, 2.45) is 5.10 Å². The smallest absolute Gasteiger partial charge is 0.264 e. The largest absolute Gasteiger partial charge is 0.497 e. The van der Waals surface area contributed by atoms with Gasteiger partial charge >= 0.3 is 0 Å². The highest BCUT2D eigenvalue weighted by Gasteiger charge is 2.33. The number of anilines is 1. The van der Waals surface area contributed by atoms with Crippen molar-refractivity contribution in [3.63, 3.8) is 0 Å². The predicted molar refractivity (Wildman–Crippen MR) is 166 cm³/mol. The van der Waals surface area contributed by atoms with Crippen LogP contribution >= 0.6 is 11.3 Å². The molecule has 3 aromatic carbocycles. The number of carbonyl (C=O) groups is 2. The van der Waals surface area contributed by atoms with Crippen LogP contribution in [0.15, 0.2) is 53.6 Å². The number of aromatic nitrogens is 1. The number of fused-ring (bicyclic) bond motifs is 1. The SMILES string of the molecule is COc1ccc2nc(NC(=O)COc3cc(C4CC(c5cc(OC)c(OC)c(OC)c5)=NN4C(C)=O)ccc3OC)sc2c1. The third-order valence-electron chi connectivity index (χ3n) is 7.00. The third-order valence-corrected chi connectivity index (χ3v) is 7.94. The van der Waals surface area contributed by atoms with Gasteiger partial charge in [-0.1, -0.05) is 17.4 Å². The van der Waals surface area contributed by atoms with Crippen LogP contribution in [0.4, 0.5) is 5.13 Å². The Kier molecular flexibility index (Phi) is 9.04. The van der Waals surface area contributed by atoms with Gasteiger partial charge in [0.05, 0.1) is 57.5 Å². The molecule has 1 atom stereocenters. The van der Waals surface area contributed by atoms with Crippen LogP contribution in [0, 0.1) is 0 Å². The molecular formula is C31H32N4O8S. The van der Waals surface area contributed by atoms with E-state index >= 15 is 0 Å². The summed E-state index contributed by atoms with van der Waals surface area (Å²) in [6, 6.07) is 14.0. The minimum absolute atomic E-state index is 0.233. The molecule has 0 saturated carbocycles. The molecule has 0 radical (unpaired) electrons. The van der Waals surface area contributed by atoms with Crippen LogP contribution in [0.2, 0.25) is 0 Å². The Hall–Kier alpha value is -5.04. The minimum Gasteiger partial charge on any atom is -0.497 e. The highest BCUT2D eigenvalue weighted by Crippen LogP contribution is 2.42. The van der Waals surface area contributed by atoms with Gasteiger partial charge in [-0.3, -0.25) is 14.9 Å². The van der Waals surface area contributed by atoms with Crippen molar-refractivity contribution in [3.8, 4) is 34.5 Å². The molecule has 1 aliphatic rings. The van der Waals surface area contributed by atoms with Crippen molar-refractivity contribution in [3.05, 3.63) is 59.7 Å². The Morgan fingerprint density at radius 3 is 2.25 bits per heavy atom. The number of hydrazone groups is 1. The molecule has 0 bridgehead atoms. The molecule has 1 N–H and O–H groups in total. The highest BCUT2D eigenvalue weighted by atomic mass is 32.1. The number of ether oxygens (including phenoxy) is 6. The summed E-state index contributed by atoms with van der Waals surface area (Å²) in [6.07, 6.45) is 0.410. The molecule has 230 valence electrons. The Balaban J connectivity index is 1.34. The van der Waals surface area contributed by atoms with Crippen LogP contribution in [0.3, 0.4) is 0 Å². The minimum atomic E-state index is -0.427. The fourth-order valence-corrected chi connectivity index (χ4v) is 5.79. The second-order valence-electron chi connectivity index (χ2n) is 9.64. The number of hydrogen-bond acceptors (Lipinski definition) is 11. The maximum atomic E-state index is 12.8. The van der Waals surface area contributed by atoms with Gasteiger partial charge in [0, 0.05) is 18.9 Å². The third kappa shape index (κ3) is 6.18. The molecule has 0 aliphatic carbocycles. The van der Waals surface area contributed by atoms with Crippen molar-refractivity contribution in [1.82, 2.24) is 9.99 Å². The molecule has 2 amide bonds. The number of nitrogens with one attached hydrogen (secondary N) is 1. The lowest BCUT2D eigenvalue weighted by Crippen LogP contribution is -2.24. The Labute approximate surface area is 258 Å². The summed E-state index contributed by atoms with van der Waals surface area (Å²) in [7, 11) is 7.72. The van der Waals surface area contributed by atoms with E-state index in [0.29, 0.717) is 51.8 Å². The first-order valence-electron chi connectivity index (χ1n) is 13.5. The lowest BCUT2D eigenvalue weighted by atomic mass is 9.97. The van der Waals surface area contributed by atoms with E-state index < -0.39 is 6.04 Å². The van der Waals surface area contributed by atoms with Crippen molar-refractivity contribution >= 4 is 44.2 Å². The van der Waals surface area contributed by atoms with E-state index in [0.717, 1.165) is 21.3 Å². The zero-order chi connectivity index (χ0) is 31.4. The van der Waals surface area contributed by atoms with E-state index in [2.05, 4.69) is 15.4 Å². The molecule has 0 spiro atoms. The number of amides is 2. The molecule has 1 aromatic heterocycles. The normalized spacial score (nSPS) is 14.2. The topological polar surface area (TPSA) is 130 Å². The molecule has 4 aromatic rings. The second kappa shape index (κ2) is 13.1. The molecule has 1 aliphatic heterocycles. The van der Waals surface area contributed by atoms with Gasteiger partial charge in [-0.25, -0.2) is 9.99 Å². The summed E-state index contributed by atoms with van der Waals surface area (Å²) in [5, 5.41) is 9.30. The number of methoxy groups -OCH3 is 5. The Morgan fingerprint density at radius 1 is 0.886 bits per heavy atom. The highest BCUT2D eigenvalue weighted by molar-refractivity contribution is 7.22. The van der Waals surface area contributed by atoms with Crippen molar-refractivity contribution < 1.29 is 38.0 Å². The Morgan fingerprint density at radius 2 is 1.61 bits per heavy atom. The van der Waals surface area contributed by atoms with Crippen molar-refractivity contribution in [1.29, 1.82) is 0 Å². The molecule has 13 heteroatoms. The van der Waals surface area contributed by atoms with Gasteiger partial charge in [0.15, 0.2) is 34.7 Å². The first-order chi connectivity index (χ1) is 21.3. The number of rotatable bonds is 11. The molecule has 12 nitrogen and oxygen atoms in total. The monoisotopic (exact) mass is 620 g/mol. The molecule has 44 heavy (non-hydrogen) atoms. The second-order valence-corrected chi connectivity index (χ2v) is 10.7. The van der Waals surface area contributed by atoms with E-state index in [1.54, 1.807) is 31.4 Å². The van der Waals surface area contributed by atoms with Crippen molar-refractivity contribution in [2.45, 2.75) is 19.4 Å². The summed E-state index contributed by atoms with van der Waals surface area (Å²) >= 11 is 1.34. The molecular weight excluding hydrogens is 588 g/mol. The fourth-order valence-electron chi connectivity index (χ4n) is 4.88. The standard InChI is InChI=1S/C31H32N4O8S/c1-17(36)35-23(15-22(34-35)19-12-26(40-4)30(42-6)27(13-19)41-5)18-7-10-24(39-3)25(11-18)43-16-29(37)33-31-32-21-9-8-20(38-2)14-28(21)44-31/h7-14,23H,15-16H2,1-6H3,(H,32,33,37). The van der Waals surface area contributed by atoms with Gasteiger partial charge in [-0.15, -0.1) is 0 Å². The number of hydrogen-bond donors (Lipinski definition) is 1. The van der Waals surface area contributed by atoms with Crippen molar-refractivity contribution in [2.75, 3.05) is 47.5 Å². The maximum absolute atomic E-state index is 12.8. The molecule has 0 saturated heterocycles. The Bertz CT molecular complexity index is 1710. The van der Waals surface area contributed by atoms with Gasteiger partial charge in [-0.05, 0) is 48.0 Å². The molecule has 0 fully saturated rings. The van der Waals surface area contributed by atoms with E-state index in [-0.39, 0.29) is 18.4 Å². The number of carbonyl (C=O) groups excluding carboxylic acids is 2. The van der Waals surface area contributed by atoms with Crippen LogP contribution < -0.4 is 33.7 Å². The maximum Gasteiger partial charge on any atom is 0.264 e. The summed E-state index contributed by atoms with van der Waals surface area (Å²) in [5.74, 6) is 2.29. The van der Waals surface area contributed by atoms with E-state index in [1.165, 1.54) is 51.7 Å². The predicted octanol–water partition coefficient (Wildman–Crippen LogP) is 5.05. The lowest BCUT2D eigenvalue weighted by molar-refractivity contribution is -0.130. The van der Waals surface area contributed by atoms with E-state index in [9.17, 15) is 9.59 Å². The van der Waals surface area contributed by atoms with Crippen LogP contribution in [0.25, 0.3) is 10.2 Å². The summed E-state index contributed by atoms with van der Waals surface area (Å²) in [5.41, 5.74) is 2.89. The van der Waals surface area contributed by atoms with E-state index in [1.807, 2.05) is 24.3 Å². The molecule has 1 unspecified atom stereocenters. The number of benzene rings is 3.